The van der Waals surface area contributed by atoms with Gasteiger partial charge in [-0.3, -0.25) is 13.6 Å². The van der Waals surface area contributed by atoms with E-state index in [9.17, 15) is 4.57 Å². The van der Waals surface area contributed by atoms with Crippen LogP contribution in [0.3, 0.4) is 0 Å². The predicted octanol–water partition coefficient (Wildman–Crippen LogP) is 5.23. The Kier molecular flexibility index (Phi) is 8.05. The molecule has 16 heavy (non-hydrogen) atoms. The van der Waals surface area contributed by atoms with Crippen molar-refractivity contribution in [2.24, 2.45) is 0 Å². The second-order valence-corrected chi connectivity index (χ2v) is 7.43. The van der Waals surface area contributed by atoms with E-state index in [-0.39, 0.29) is 0 Å². The van der Waals surface area contributed by atoms with Crippen LogP contribution in [-0.4, -0.2) is 9.02 Å². The number of alkyl halides is 2. The van der Waals surface area contributed by atoms with Gasteiger partial charge in [0, 0.05) is 0 Å². The van der Waals surface area contributed by atoms with E-state index in [0.29, 0.717) is 0 Å². The average Bonchev–Trinajstić information content (AvgIpc) is 2.28. The molecule has 0 saturated carbocycles. The van der Waals surface area contributed by atoms with Gasteiger partial charge in [-0.05, 0) is 25.7 Å². The van der Waals surface area contributed by atoms with E-state index in [1.807, 2.05) is 27.7 Å². The van der Waals surface area contributed by atoms with Crippen LogP contribution in [0.15, 0.2) is 0 Å². The van der Waals surface area contributed by atoms with Gasteiger partial charge in [-0.25, -0.2) is 0 Å². The summed E-state index contributed by atoms with van der Waals surface area (Å²) in [5.41, 5.74) is 0. The molecule has 98 valence electrons. The zero-order valence-corrected chi connectivity index (χ0v) is 14.5. The van der Waals surface area contributed by atoms with Crippen LogP contribution < -0.4 is 0 Å². The molecule has 0 bridgehead atoms. The maximum atomic E-state index is 11.8. The van der Waals surface area contributed by atoms with Crippen LogP contribution in [0.5, 0.6) is 0 Å². The summed E-state index contributed by atoms with van der Waals surface area (Å²) < 4.78 is 21.6. The summed E-state index contributed by atoms with van der Waals surface area (Å²) in [5, 5.41) is 0. The molecular weight excluding hydrogens is 359 g/mol. The van der Waals surface area contributed by atoms with Crippen molar-refractivity contribution < 1.29 is 13.6 Å². The van der Waals surface area contributed by atoms with Gasteiger partial charge in [0.25, 0.3) is 0 Å². The second-order valence-electron chi connectivity index (χ2n) is 3.63. The fourth-order valence-corrected chi connectivity index (χ4v) is 3.12. The molecule has 0 fully saturated rings. The summed E-state index contributed by atoms with van der Waals surface area (Å²) >= 11 is 6.89. The summed E-state index contributed by atoms with van der Waals surface area (Å²) in [6.45, 7) is 7.92. The van der Waals surface area contributed by atoms with Crippen LogP contribution in [-0.2, 0) is 13.6 Å². The Labute approximate surface area is 116 Å². The maximum Gasteiger partial charge on any atom is 0.321 e. The average molecular weight is 380 g/mol. The Hall–Kier alpha value is 1.11. The predicted molar refractivity (Wildman–Crippen MR) is 75.7 cm³/mol. The molecule has 0 aliphatic heterocycles. The van der Waals surface area contributed by atoms with Crippen LogP contribution in [0.25, 0.3) is 0 Å². The van der Waals surface area contributed by atoms with Crippen LogP contribution in [0.2, 0.25) is 0 Å². The quantitative estimate of drug-likeness (QED) is 0.427. The molecule has 6 heteroatoms. The molecular formula is C10H21Br2O3P. The molecule has 0 spiro atoms. The van der Waals surface area contributed by atoms with Crippen molar-refractivity contribution in [3.8, 4) is 0 Å². The van der Waals surface area contributed by atoms with Gasteiger partial charge in [-0.1, -0.05) is 59.6 Å². The minimum absolute atomic E-state index is 0.529. The first-order chi connectivity index (χ1) is 7.34. The highest BCUT2D eigenvalue weighted by Gasteiger charge is 2.31. The minimum Gasteiger partial charge on any atom is -0.292 e. The summed E-state index contributed by atoms with van der Waals surface area (Å²) in [4.78, 5) is 0. The standard InChI is InChI=1S/C10H21Br2O3P/c1-5-9(11,6-2)14-16(13)15-10(12,7-3)8-4/h16H,5-8H2,1-4H3. The summed E-state index contributed by atoms with van der Waals surface area (Å²) in [5.74, 6) is 0. The molecule has 0 N–H and O–H groups in total. The topological polar surface area (TPSA) is 35.5 Å². The molecule has 0 aromatic rings. The van der Waals surface area contributed by atoms with Crippen molar-refractivity contribution in [2.45, 2.75) is 62.4 Å². The Morgan fingerprint density at radius 3 is 1.31 bits per heavy atom. The van der Waals surface area contributed by atoms with E-state index >= 15 is 0 Å². The van der Waals surface area contributed by atoms with Gasteiger partial charge in [0.1, 0.15) is 9.02 Å². The first-order valence-electron chi connectivity index (χ1n) is 5.64. The Morgan fingerprint density at radius 2 is 1.12 bits per heavy atom. The van der Waals surface area contributed by atoms with Crippen molar-refractivity contribution in [1.82, 2.24) is 0 Å². The smallest absolute Gasteiger partial charge is 0.292 e. The van der Waals surface area contributed by atoms with Crippen molar-refractivity contribution in [3.05, 3.63) is 0 Å². The molecule has 0 aromatic heterocycles. The zero-order chi connectivity index (χ0) is 12.8. The van der Waals surface area contributed by atoms with E-state index < -0.39 is 17.3 Å². The van der Waals surface area contributed by atoms with E-state index in [4.69, 9.17) is 9.05 Å². The van der Waals surface area contributed by atoms with Crippen LogP contribution >= 0.6 is 40.1 Å². The van der Waals surface area contributed by atoms with Crippen molar-refractivity contribution in [3.63, 3.8) is 0 Å². The Morgan fingerprint density at radius 1 is 0.875 bits per heavy atom. The number of hydrogen-bond donors (Lipinski definition) is 0. The molecule has 0 aliphatic carbocycles. The third-order valence-electron chi connectivity index (χ3n) is 2.64. The molecule has 0 amide bonds. The molecule has 3 nitrogen and oxygen atoms in total. The van der Waals surface area contributed by atoms with Crippen LogP contribution in [0.1, 0.15) is 53.4 Å². The summed E-state index contributed by atoms with van der Waals surface area (Å²) in [6.07, 6.45) is 2.99. The van der Waals surface area contributed by atoms with Crippen LogP contribution in [0, 0.1) is 0 Å². The molecule has 0 heterocycles. The fourth-order valence-electron chi connectivity index (χ4n) is 1.11. The number of rotatable bonds is 8. The third-order valence-corrected chi connectivity index (χ3v) is 6.92. The second kappa shape index (κ2) is 7.52. The lowest BCUT2D eigenvalue weighted by atomic mass is 10.2. The monoisotopic (exact) mass is 378 g/mol. The van der Waals surface area contributed by atoms with E-state index in [1.54, 1.807) is 0 Å². The van der Waals surface area contributed by atoms with Crippen molar-refractivity contribution >= 4 is 40.1 Å². The lowest BCUT2D eigenvalue weighted by molar-refractivity contribution is 0.0950. The van der Waals surface area contributed by atoms with Gasteiger partial charge in [-0.15, -0.1) is 0 Å². The molecule has 0 rings (SSSR count). The molecule has 0 aromatic carbocycles. The van der Waals surface area contributed by atoms with E-state index in [2.05, 4.69) is 31.9 Å². The lowest BCUT2D eigenvalue weighted by Gasteiger charge is -2.28. The highest BCUT2D eigenvalue weighted by atomic mass is 79.9. The summed E-state index contributed by atoms with van der Waals surface area (Å²) in [6, 6.07) is 0. The lowest BCUT2D eigenvalue weighted by Crippen LogP contribution is -2.23. The largest absolute Gasteiger partial charge is 0.321 e. The third kappa shape index (κ3) is 5.63. The van der Waals surface area contributed by atoms with Crippen molar-refractivity contribution in [2.75, 3.05) is 0 Å². The highest BCUT2D eigenvalue weighted by Crippen LogP contribution is 2.45. The molecule has 0 atom stereocenters. The van der Waals surface area contributed by atoms with Gasteiger partial charge in [0.05, 0.1) is 0 Å². The Bertz CT molecular complexity index is 206. The van der Waals surface area contributed by atoms with Gasteiger partial charge >= 0.3 is 8.25 Å². The Balaban J connectivity index is 4.38. The number of hydrogen-bond acceptors (Lipinski definition) is 3. The number of halogens is 2. The zero-order valence-electron chi connectivity index (χ0n) is 10.3. The van der Waals surface area contributed by atoms with E-state index in [0.717, 1.165) is 25.7 Å². The molecule has 0 unspecified atom stereocenters. The molecule has 0 aliphatic rings. The van der Waals surface area contributed by atoms with Gasteiger partial charge < -0.3 is 0 Å². The first kappa shape index (κ1) is 17.1. The van der Waals surface area contributed by atoms with Gasteiger partial charge in [0.2, 0.25) is 0 Å². The highest BCUT2D eigenvalue weighted by molar-refractivity contribution is 9.10. The first-order valence-corrected chi connectivity index (χ1v) is 8.45. The maximum absolute atomic E-state index is 11.8. The normalized spacial score (nSPS) is 13.4. The molecule has 0 saturated heterocycles. The summed E-state index contributed by atoms with van der Waals surface area (Å²) in [7, 11) is -2.50. The van der Waals surface area contributed by atoms with Crippen LogP contribution in [0.4, 0.5) is 0 Å². The van der Waals surface area contributed by atoms with Gasteiger partial charge in [0.15, 0.2) is 0 Å². The van der Waals surface area contributed by atoms with Crippen molar-refractivity contribution in [1.29, 1.82) is 0 Å². The van der Waals surface area contributed by atoms with E-state index in [1.165, 1.54) is 0 Å². The van der Waals surface area contributed by atoms with Gasteiger partial charge in [-0.2, -0.15) is 0 Å². The minimum atomic E-state index is -2.50. The molecule has 0 radical (unpaired) electrons. The fraction of sp³-hybridized carbons (Fsp3) is 1.00. The SMILES string of the molecule is CCC(Br)(CC)O[PH](=O)OC(Br)(CC)CC.